The van der Waals surface area contributed by atoms with Crippen molar-refractivity contribution >= 4 is 23.4 Å². The van der Waals surface area contributed by atoms with E-state index in [0.29, 0.717) is 12.0 Å². The van der Waals surface area contributed by atoms with Crippen LogP contribution in [-0.4, -0.2) is 68.7 Å². The largest absolute Gasteiger partial charge is 0.513 e. The number of nitrogens with one attached hydrogen (secondary N) is 1. The van der Waals surface area contributed by atoms with Crippen LogP contribution in [-0.2, 0) is 32.0 Å². The van der Waals surface area contributed by atoms with Crippen LogP contribution in [0.5, 0.6) is 5.75 Å². The zero-order valence-corrected chi connectivity index (χ0v) is 23.4. The lowest BCUT2D eigenvalue weighted by Gasteiger charge is -2.25. The molecule has 1 fully saturated rings. The Kier molecular flexibility index (Phi) is 10.6. The molecule has 1 aliphatic rings. The molecule has 0 aliphatic carbocycles. The van der Waals surface area contributed by atoms with Gasteiger partial charge in [0.1, 0.15) is 18.3 Å². The summed E-state index contributed by atoms with van der Waals surface area (Å²) in [6.45, 7) is 0.995. The van der Waals surface area contributed by atoms with Crippen LogP contribution < -0.4 is 16.0 Å². The molecule has 0 amide bonds. The van der Waals surface area contributed by atoms with E-state index < -0.39 is 59.8 Å². The van der Waals surface area contributed by atoms with Gasteiger partial charge in [-0.25, -0.2) is 9.59 Å². The smallest absolute Gasteiger partial charge is 0.434 e. The Balaban J connectivity index is 1.27. The maximum atomic E-state index is 12.3. The van der Waals surface area contributed by atoms with E-state index >= 15 is 0 Å². The first-order chi connectivity index (χ1) is 20.5. The molecule has 3 N–H and O–H groups in total. The Labute approximate surface area is 248 Å². The number of hydrogen-bond acceptors (Lipinski definition) is 12. The van der Waals surface area contributed by atoms with Crippen molar-refractivity contribution in [2.24, 2.45) is 0 Å². The van der Waals surface area contributed by atoms with Gasteiger partial charge in [-0.1, -0.05) is 29.8 Å². The molecule has 43 heavy (non-hydrogen) atoms. The Bertz CT molecular complexity index is 1540. The molecule has 0 radical (unpaired) electrons. The minimum atomic E-state index is -1.31. The molecule has 230 valence electrons. The molecule has 2 aromatic carbocycles. The van der Waals surface area contributed by atoms with Crippen molar-refractivity contribution in [3.63, 3.8) is 0 Å². The van der Waals surface area contributed by atoms with Crippen molar-refractivity contribution in [3.05, 3.63) is 102 Å². The molecule has 1 saturated heterocycles. The second-order valence-corrected chi connectivity index (χ2v) is 9.78. The van der Waals surface area contributed by atoms with Crippen molar-refractivity contribution < 1.29 is 43.6 Å². The van der Waals surface area contributed by atoms with Crippen LogP contribution in [0.25, 0.3) is 0 Å². The standard InChI is InChI=1S/C27H28ClN3O12/c1-15(41-24-23(34)21(13-32)42-25(24)30-10-8-22(33)29-26(30)35)40-14-17-4-7-20(19(28)12-17)43-27(36)39-11-9-16-2-5-18(6-3-16)31(37)38/h2-8,10,12,15,21,23-25,32,34H,9,11,13-14H2,1H3,(H,29,33,35)/t15?,21-,23?,24?,25-/m0/s1. The number of halogens is 1. The fraction of sp³-hybridized carbons (Fsp3) is 0.370. The highest BCUT2D eigenvalue weighted by Crippen LogP contribution is 2.32. The lowest BCUT2D eigenvalue weighted by molar-refractivity contribution is -0.384. The SMILES string of the molecule is CC(OCc1ccc(OC(=O)OCCc2ccc([N+](=O)[O-])cc2)c(Cl)c1)OC1C(O)[C@H](CO)O[C@@H]1n1ccc(=O)[nH]c1=O. The number of H-pyrrole nitrogens is 1. The van der Waals surface area contributed by atoms with E-state index in [-0.39, 0.29) is 29.7 Å². The van der Waals surface area contributed by atoms with E-state index in [1.165, 1.54) is 30.5 Å². The molecular weight excluding hydrogens is 594 g/mol. The highest BCUT2D eigenvalue weighted by atomic mass is 35.5. The molecule has 1 aromatic heterocycles. The quantitative estimate of drug-likeness (QED) is 0.0874. The number of aromatic nitrogens is 2. The number of aromatic amines is 1. The number of carbonyl (C=O) groups excluding carboxylic acids is 1. The van der Waals surface area contributed by atoms with E-state index in [1.807, 2.05) is 0 Å². The predicted octanol–water partition coefficient (Wildman–Crippen LogP) is 2.05. The predicted molar refractivity (Wildman–Crippen MR) is 148 cm³/mol. The molecule has 0 saturated carbocycles. The number of ether oxygens (including phenoxy) is 5. The second-order valence-electron chi connectivity index (χ2n) is 9.37. The highest BCUT2D eigenvalue weighted by molar-refractivity contribution is 6.32. The average Bonchev–Trinajstić information content (AvgIpc) is 3.27. The Morgan fingerprint density at radius 3 is 2.56 bits per heavy atom. The summed E-state index contributed by atoms with van der Waals surface area (Å²) in [6.07, 6.45) is -5.01. The van der Waals surface area contributed by atoms with Gasteiger partial charge >= 0.3 is 11.8 Å². The zero-order chi connectivity index (χ0) is 31.1. The fourth-order valence-corrected chi connectivity index (χ4v) is 4.46. The molecule has 1 aliphatic heterocycles. The minimum Gasteiger partial charge on any atom is -0.434 e. The summed E-state index contributed by atoms with van der Waals surface area (Å²) in [5.74, 6) is 0.0468. The third kappa shape index (κ3) is 8.25. The summed E-state index contributed by atoms with van der Waals surface area (Å²) in [6, 6.07) is 11.5. The molecule has 2 heterocycles. The summed E-state index contributed by atoms with van der Waals surface area (Å²) in [5, 5.41) is 31.0. The Morgan fingerprint density at radius 1 is 1.19 bits per heavy atom. The van der Waals surface area contributed by atoms with Gasteiger partial charge in [-0.05, 0) is 30.2 Å². The van der Waals surface area contributed by atoms with Crippen LogP contribution in [0.2, 0.25) is 5.02 Å². The van der Waals surface area contributed by atoms with Crippen molar-refractivity contribution in [2.75, 3.05) is 13.2 Å². The summed E-state index contributed by atoms with van der Waals surface area (Å²) < 4.78 is 28.4. The molecule has 4 rings (SSSR count). The van der Waals surface area contributed by atoms with Gasteiger partial charge in [0.2, 0.25) is 0 Å². The normalized spacial score (nSPS) is 20.5. The van der Waals surface area contributed by atoms with Gasteiger partial charge < -0.3 is 33.9 Å². The minimum absolute atomic E-state index is 0.00275. The summed E-state index contributed by atoms with van der Waals surface area (Å²) in [7, 11) is 0. The Hall–Kier alpha value is -4.12. The molecule has 5 atom stereocenters. The van der Waals surface area contributed by atoms with E-state index in [1.54, 1.807) is 25.1 Å². The van der Waals surface area contributed by atoms with Crippen LogP contribution in [0.4, 0.5) is 10.5 Å². The zero-order valence-electron chi connectivity index (χ0n) is 22.7. The molecular formula is C27H28ClN3O12. The van der Waals surface area contributed by atoms with Gasteiger partial charge in [-0.2, -0.15) is 0 Å². The lowest BCUT2D eigenvalue weighted by Crippen LogP contribution is -2.41. The number of aliphatic hydroxyl groups is 2. The summed E-state index contributed by atoms with van der Waals surface area (Å²) in [5.41, 5.74) is -0.107. The summed E-state index contributed by atoms with van der Waals surface area (Å²) >= 11 is 6.26. The summed E-state index contributed by atoms with van der Waals surface area (Å²) in [4.78, 5) is 48.1. The maximum Gasteiger partial charge on any atom is 0.513 e. The van der Waals surface area contributed by atoms with Gasteiger partial charge in [0, 0.05) is 30.8 Å². The highest BCUT2D eigenvalue weighted by Gasteiger charge is 2.46. The monoisotopic (exact) mass is 621 g/mol. The third-order valence-electron chi connectivity index (χ3n) is 6.40. The van der Waals surface area contributed by atoms with Crippen molar-refractivity contribution in [3.8, 4) is 5.75 Å². The number of nitro groups is 1. The third-order valence-corrected chi connectivity index (χ3v) is 6.69. The topological polar surface area (TPSA) is 202 Å². The van der Waals surface area contributed by atoms with Gasteiger partial charge in [0.05, 0.1) is 29.8 Å². The van der Waals surface area contributed by atoms with Crippen LogP contribution >= 0.6 is 11.6 Å². The van der Waals surface area contributed by atoms with E-state index in [0.717, 1.165) is 16.2 Å². The molecule has 3 aromatic rings. The molecule has 3 unspecified atom stereocenters. The average molecular weight is 622 g/mol. The van der Waals surface area contributed by atoms with E-state index in [4.69, 9.17) is 35.3 Å². The molecule has 15 nitrogen and oxygen atoms in total. The van der Waals surface area contributed by atoms with Gasteiger partial charge in [-0.15, -0.1) is 0 Å². The number of hydrogen-bond donors (Lipinski definition) is 3. The first-order valence-corrected chi connectivity index (χ1v) is 13.3. The second kappa shape index (κ2) is 14.4. The number of aliphatic hydroxyl groups excluding tert-OH is 2. The number of rotatable bonds is 12. The molecule has 16 heteroatoms. The van der Waals surface area contributed by atoms with Gasteiger partial charge in [-0.3, -0.25) is 24.5 Å². The van der Waals surface area contributed by atoms with Gasteiger partial charge in [0.15, 0.2) is 18.3 Å². The number of carbonyl (C=O) groups is 1. The van der Waals surface area contributed by atoms with E-state index in [9.17, 15) is 34.7 Å². The first kappa shape index (κ1) is 31.8. The number of nitro benzene ring substituents is 1. The van der Waals surface area contributed by atoms with Crippen molar-refractivity contribution in [2.45, 2.75) is 50.8 Å². The van der Waals surface area contributed by atoms with Crippen LogP contribution in [0.3, 0.4) is 0 Å². The van der Waals surface area contributed by atoms with Crippen molar-refractivity contribution in [1.29, 1.82) is 0 Å². The first-order valence-electron chi connectivity index (χ1n) is 12.9. The fourth-order valence-electron chi connectivity index (χ4n) is 4.21. The van der Waals surface area contributed by atoms with Gasteiger partial charge in [0.25, 0.3) is 11.2 Å². The van der Waals surface area contributed by atoms with Crippen LogP contribution in [0, 0.1) is 10.1 Å². The maximum absolute atomic E-state index is 12.3. The van der Waals surface area contributed by atoms with E-state index in [2.05, 4.69) is 4.98 Å². The van der Waals surface area contributed by atoms with Crippen LogP contribution in [0.1, 0.15) is 24.3 Å². The Morgan fingerprint density at radius 2 is 1.91 bits per heavy atom. The molecule has 0 bridgehead atoms. The molecule has 0 spiro atoms. The lowest BCUT2D eigenvalue weighted by atomic mass is 10.1. The number of nitrogens with zero attached hydrogens (tertiary/aromatic N) is 2. The van der Waals surface area contributed by atoms with Crippen LogP contribution in [0.15, 0.2) is 64.3 Å². The van der Waals surface area contributed by atoms with Crippen molar-refractivity contribution in [1.82, 2.24) is 9.55 Å². The number of benzene rings is 2. The number of non-ortho nitro benzene ring substituents is 1.